The number of rotatable bonds is 3. The van der Waals surface area contributed by atoms with E-state index in [4.69, 9.17) is 5.26 Å². The maximum absolute atomic E-state index is 12.1. The van der Waals surface area contributed by atoms with Crippen molar-refractivity contribution in [3.8, 4) is 6.07 Å². The van der Waals surface area contributed by atoms with Crippen LogP contribution in [0.2, 0.25) is 0 Å². The summed E-state index contributed by atoms with van der Waals surface area (Å²) in [6.45, 7) is 7.13. The van der Waals surface area contributed by atoms with E-state index in [2.05, 4.69) is 25.8 Å². The lowest BCUT2D eigenvalue weighted by molar-refractivity contribution is 0.0780. The van der Waals surface area contributed by atoms with E-state index in [0.29, 0.717) is 12.1 Å². The van der Waals surface area contributed by atoms with Crippen molar-refractivity contribution in [3.05, 3.63) is 29.6 Å². The highest BCUT2D eigenvalue weighted by Gasteiger charge is 2.16. The number of pyridine rings is 1. The Labute approximate surface area is 108 Å². The van der Waals surface area contributed by atoms with E-state index in [1.165, 1.54) is 12.3 Å². The van der Waals surface area contributed by atoms with Gasteiger partial charge in [-0.05, 0) is 24.0 Å². The molecule has 0 spiro atoms. The zero-order valence-electron chi connectivity index (χ0n) is 11.4. The molecule has 0 aliphatic rings. The average molecular weight is 245 g/mol. The van der Waals surface area contributed by atoms with Crippen LogP contribution in [0.15, 0.2) is 18.3 Å². The van der Waals surface area contributed by atoms with Gasteiger partial charge in [0, 0.05) is 25.4 Å². The van der Waals surface area contributed by atoms with Crippen molar-refractivity contribution in [1.29, 1.82) is 5.26 Å². The molecule has 0 unspecified atom stereocenters. The molecular formula is C14H19N3O. The molecule has 0 N–H and O–H groups in total. The molecule has 1 heterocycles. The Kier molecular flexibility index (Phi) is 4.43. The van der Waals surface area contributed by atoms with Crippen LogP contribution in [0.3, 0.4) is 0 Å². The maximum Gasteiger partial charge on any atom is 0.253 e. The minimum absolute atomic E-state index is 0.0712. The molecule has 4 nitrogen and oxygen atoms in total. The second kappa shape index (κ2) is 5.63. The zero-order valence-corrected chi connectivity index (χ0v) is 11.4. The highest BCUT2D eigenvalue weighted by molar-refractivity contribution is 5.94. The number of hydrogen-bond donors (Lipinski definition) is 0. The predicted molar refractivity (Wildman–Crippen MR) is 70.0 cm³/mol. The van der Waals surface area contributed by atoms with Gasteiger partial charge in [-0.2, -0.15) is 5.26 Å². The number of hydrogen-bond acceptors (Lipinski definition) is 3. The van der Waals surface area contributed by atoms with Gasteiger partial charge in [0.05, 0.1) is 0 Å². The molecular weight excluding hydrogens is 226 g/mol. The first-order valence-corrected chi connectivity index (χ1v) is 5.95. The molecule has 0 aromatic carbocycles. The van der Waals surface area contributed by atoms with E-state index in [1.54, 1.807) is 18.0 Å². The molecule has 0 saturated carbocycles. The molecule has 1 amide bonds. The van der Waals surface area contributed by atoms with Crippen molar-refractivity contribution in [3.63, 3.8) is 0 Å². The van der Waals surface area contributed by atoms with Crippen molar-refractivity contribution >= 4 is 5.91 Å². The Hall–Kier alpha value is -1.89. The van der Waals surface area contributed by atoms with E-state index in [9.17, 15) is 4.79 Å². The fourth-order valence-corrected chi connectivity index (χ4v) is 1.45. The monoisotopic (exact) mass is 245 g/mol. The van der Waals surface area contributed by atoms with Crippen molar-refractivity contribution < 1.29 is 4.79 Å². The van der Waals surface area contributed by atoms with Gasteiger partial charge >= 0.3 is 0 Å². The number of nitriles is 1. The van der Waals surface area contributed by atoms with Gasteiger partial charge < -0.3 is 4.90 Å². The largest absolute Gasteiger partial charge is 0.342 e. The molecule has 0 saturated heterocycles. The summed E-state index contributed by atoms with van der Waals surface area (Å²) in [5.41, 5.74) is 0.980. The Morgan fingerprint density at radius 2 is 2.17 bits per heavy atom. The summed E-state index contributed by atoms with van der Waals surface area (Å²) in [6.07, 6.45) is 2.43. The second-order valence-corrected chi connectivity index (χ2v) is 5.58. The van der Waals surface area contributed by atoms with E-state index >= 15 is 0 Å². The molecule has 0 fully saturated rings. The molecule has 0 atom stereocenters. The first-order chi connectivity index (χ1) is 8.33. The third-order valence-electron chi connectivity index (χ3n) is 2.67. The summed E-state index contributed by atoms with van der Waals surface area (Å²) in [4.78, 5) is 17.7. The van der Waals surface area contributed by atoms with Crippen molar-refractivity contribution in [2.24, 2.45) is 5.41 Å². The number of amides is 1. The summed E-state index contributed by atoms with van der Waals surface area (Å²) < 4.78 is 0. The molecule has 1 aromatic rings. The molecule has 1 rings (SSSR count). The maximum atomic E-state index is 12.1. The minimum Gasteiger partial charge on any atom is -0.342 e. The normalized spacial score (nSPS) is 10.8. The molecule has 0 radical (unpaired) electrons. The van der Waals surface area contributed by atoms with Gasteiger partial charge in [-0.25, -0.2) is 4.98 Å². The van der Waals surface area contributed by atoms with Crippen LogP contribution in [0.1, 0.15) is 43.2 Å². The van der Waals surface area contributed by atoms with Gasteiger partial charge in [0.25, 0.3) is 5.91 Å². The average Bonchev–Trinajstić information content (AvgIpc) is 2.34. The lowest BCUT2D eigenvalue weighted by Crippen LogP contribution is -2.30. The Balaban J connectivity index is 2.72. The number of aromatic nitrogens is 1. The molecule has 0 aliphatic carbocycles. The summed E-state index contributed by atoms with van der Waals surface area (Å²) >= 11 is 0. The van der Waals surface area contributed by atoms with Gasteiger partial charge in [0.1, 0.15) is 11.8 Å². The highest BCUT2D eigenvalue weighted by Crippen LogP contribution is 2.19. The van der Waals surface area contributed by atoms with Gasteiger partial charge in [0.2, 0.25) is 0 Å². The lowest BCUT2D eigenvalue weighted by Gasteiger charge is -2.23. The SMILES string of the molecule is CN(CCC(C)(C)C)C(=O)c1ccnc(C#N)c1. The lowest BCUT2D eigenvalue weighted by atomic mass is 9.92. The van der Waals surface area contributed by atoms with Crippen LogP contribution < -0.4 is 0 Å². The first-order valence-electron chi connectivity index (χ1n) is 5.95. The van der Waals surface area contributed by atoms with Crippen LogP contribution in [0.25, 0.3) is 0 Å². The summed E-state index contributed by atoms with van der Waals surface area (Å²) in [7, 11) is 1.78. The molecule has 0 bridgehead atoms. The molecule has 0 aliphatic heterocycles. The predicted octanol–water partition coefficient (Wildman–Crippen LogP) is 2.46. The van der Waals surface area contributed by atoms with Crippen LogP contribution >= 0.6 is 0 Å². The van der Waals surface area contributed by atoms with Gasteiger partial charge in [0.15, 0.2) is 0 Å². The Bertz CT molecular complexity index is 469. The van der Waals surface area contributed by atoms with Crippen LogP contribution in [-0.4, -0.2) is 29.4 Å². The van der Waals surface area contributed by atoms with E-state index in [1.807, 2.05) is 6.07 Å². The Morgan fingerprint density at radius 3 is 2.72 bits per heavy atom. The van der Waals surface area contributed by atoms with Crippen molar-refractivity contribution in [1.82, 2.24) is 9.88 Å². The third-order valence-corrected chi connectivity index (χ3v) is 2.67. The Morgan fingerprint density at radius 1 is 1.50 bits per heavy atom. The number of carbonyl (C=O) groups excluding carboxylic acids is 1. The first kappa shape index (κ1) is 14.2. The smallest absolute Gasteiger partial charge is 0.253 e. The minimum atomic E-state index is -0.0712. The zero-order chi connectivity index (χ0) is 13.8. The van der Waals surface area contributed by atoms with Crippen LogP contribution in [0, 0.1) is 16.7 Å². The van der Waals surface area contributed by atoms with Gasteiger partial charge in [-0.1, -0.05) is 20.8 Å². The van der Waals surface area contributed by atoms with Crippen molar-refractivity contribution in [2.75, 3.05) is 13.6 Å². The quantitative estimate of drug-likeness (QED) is 0.822. The number of nitrogens with zero attached hydrogens (tertiary/aromatic N) is 3. The van der Waals surface area contributed by atoms with E-state index in [0.717, 1.165) is 6.42 Å². The van der Waals surface area contributed by atoms with Crippen LogP contribution in [-0.2, 0) is 0 Å². The van der Waals surface area contributed by atoms with E-state index < -0.39 is 0 Å². The fraction of sp³-hybridized carbons (Fsp3) is 0.500. The highest BCUT2D eigenvalue weighted by atomic mass is 16.2. The fourth-order valence-electron chi connectivity index (χ4n) is 1.45. The van der Waals surface area contributed by atoms with Crippen LogP contribution in [0.5, 0.6) is 0 Å². The van der Waals surface area contributed by atoms with Crippen LogP contribution in [0.4, 0.5) is 0 Å². The summed E-state index contributed by atoms with van der Waals surface area (Å²) in [5.74, 6) is -0.0712. The van der Waals surface area contributed by atoms with E-state index in [-0.39, 0.29) is 17.0 Å². The van der Waals surface area contributed by atoms with Gasteiger partial charge in [-0.15, -0.1) is 0 Å². The number of carbonyl (C=O) groups is 1. The topological polar surface area (TPSA) is 57.0 Å². The molecule has 1 aromatic heterocycles. The third kappa shape index (κ3) is 4.17. The van der Waals surface area contributed by atoms with Gasteiger partial charge in [-0.3, -0.25) is 4.79 Å². The molecule has 96 valence electrons. The standard InChI is InChI=1S/C14H19N3O/c1-14(2,3)6-8-17(4)13(18)11-5-7-16-12(9-11)10-15/h5,7,9H,6,8H2,1-4H3. The van der Waals surface area contributed by atoms with Crippen molar-refractivity contribution in [2.45, 2.75) is 27.2 Å². The molecule has 4 heteroatoms. The summed E-state index contributed by atoms with van der Waals surface area (Å²) in [6, 6.07) is 5.09. The second-order valence-electron chi connectivity index (χ2n) is 5.58. The summed E-state index contributed by atoms with van der Waals surface area (Å²) in [5, 5.41) is 8.76. The molecule has 18 heavy (non-hydrogen) atoms.